The zero-order valence-electron chi connectivity index (χ0n) is 11.0. The van der Waals surface area contributed by atoms with Crippen LogP contribution in [0.5, 0.6) is 0 Å². The molecule has 5 nitrogen and oxygen atoms in total. The fraction of sp³-hybridized carbons (Fsp3) is 0.583. The average molecular weight is 383 g/mol. The normalized spacial score (nSPS) is 18.9. The Balaban J connectivity index is 2.14. The number of aromatic nitrogens is 1. The molecule has 0 unspecified atom stereocenters. The van der Waals surface area contributed by atoms with Crippen molar-refractivity contribution in [2.75, 3.05) is 38.6 Å². The van der Waals surface area contributed by atoms with E-state index in [1.165, 1.54) is 10.5 Å². The molecule has 2 rings (SSSR count). The van der Waals surface area contributed by atoms with Crippen LogP contribution in [0, 0.1) is 0 Å². The first-order valence-electron chi connectivity index (χ1n) is 6.43. The SMILES string of the molecule is O=S(=O)(c1cncc(Br)c1)N1CCCN(CCCl)CC1. The van der Waals surface area contributed by atoms with Crippen LogP contribution in [0.3, 0.4) is 0 Å². The van der Waals surface area contributed by atoms with Gasteiger partial charge in [0.1, 0.15) is 4.90 Å². The van der Waals surface area contributed by atoms with Gasteiger partial charge >= 0.3 is 0 Å². The maximum absolute atomic E-state index is 12.6. The second-order valence-corrected chi connectivity index (χ2v) is 7.86. The van der Waals surface area contributed by atoms with Gasteiger partial charge < -0.3 is 4.90 Å². The zero-order valence-corrected chi connectivity index (χ0v) is 14.2. The predicted octanol–water partition coefficient (Wildman–Crippen LogP) is 1.78. The van der Waals surface area contributed by atoms with Crippen molar-refractivity contribution in [1.29, 1.82) is 0 Å². The van der Waals surface area contributed by atoms with E-state index in [-0.39, 0.29) is 4.90 Å². The van der Waals surface area contributed by atoms with E-state index in [0.29, 0.717) is 30.0 Å². The Hall–Kier alpha value is -0.210. The monoisotopic (exact) mass is 381 g/mol. The van der Waals surface area contributed by atoms with E-state index in [1.54, 1.807) is 12.3 Å². The van der Waals surface area contributed by atoms with Crippen molar-refractivity contribution in [2.24, 2.45) is 0 Å². The third kappa shape index (κ3) is 3.92. The molecule has 2 heterocycles. The molecule has 0 radical (unpaired) electrons. The first-order valence-corrected chi connectivity index (χ1v) is 9.20. The molecule has 1 fully saturated rings. The van der Waals surface area contributed by atoms with Crippen molar-refractivity contribution >= 4 is 37.6 Å². The highest BCUT2D eigenvalue weighted by Crippen LogP contribution is 2.20. The van der Waals surface area contributed by atoms with Crippen LogP contribution < -0.4 is 0 Å². The zero-order chi connectivity index (χ0) is 14.6. The maximum atomic E-state index is 12.6. The van der Waals surface area contributed by atoms with Gasteiger partial charge in [0.2, 0.25) is 10.0 Å². The minimum absolute atomic E-state index is 0.234. The van der Waals surface area contributed by atoms with Crippen molar-refractivity contribution in [3.05, 3.63) is 22.9 Å². The molecule has 0 amide bonds. The summed E-state index contributed by atoms with van der Waals surface area (Å²) >= 11 is 9.00. The molecule has 0 aliphatic carbocycles. The Labute approximate surface area is 133 Å². The van der Waals surface area contributed by atoms with Crippen LogP contribution >= 0.6 is 27.5 Å². The van der Waals surface area contributed by atoms with E-state index in [9.17, 15) is 8.42 Å². The Morgan fingerprint density at radius 3 is 2.75 bits per heavy atom. The largest absolute Gasteiger partial charge is 0.301 e. The molecule has 1 saturated heterocycles. The quantitative estimate of drug-likeness (QED) is 0.745. The highest BCUT2D eigenvalue weighted by molar-refractivity contribution is 9.10. The van der Waals surface area contributed by atoms with E-state index in [0.717, 1.165) is 19.5 Å². The Kier molecular flexibility index (Phi) is 5.80. The van der Waals surface area contributed by atoms with Gasteiger partial charge in [0.15, 0.2) is 0 Å². The maximum Gasteiger partial charge on any atom is 0.244 e. The summed E-state index contributed by atoms with van der Waals surface area (Å²) in [7, 11) is -3.47. The number of sulfonamides is 1. The van der Waals surface area contributed by atoms with Gasteiger partial charge in [0.25, 0.3) is 0 Å². The standard InChI is InChI=1S/C12H17BrClN3O2S/c13-11-8-12(10-15-9-11)20(18,19)17-4-1-3-16(5-2-14)6-7-17/h8-10H,1-7H2. The number of rotatable bonds is 4. The highest BCUT2D eigenvalue weighted by Gasteiger charge is 2.27. The second-order valence-electron chi connectivity index (χ2n) is 4.63. The molecule has 1 aliphatic rings. The molecule has 0 spiro atoms. The summed E-state index contributed by atoms with van der Waals surface area (Å²) in [6.07, 6.45) is 3.78. The molecule has 0 aromatic carbocycles. The number of halogens is 2. The molecular weight excluding hydrogens is 366 g/mol. The molecule has 112 valence electrons. The predicted molar refractivity (Wildman–Crippen MR) is 82.5 cm³/mol. The smallest absolute Gasteiger partial charge is 0.244 e. The molecular formula is C12H17BrClN3O2S. The first kappa shape index (κ1) is 16.2. The molecule has 20 heavy (non-hydrogen) atoms. The molecule has 0 N–H and O–H groups in total. The van der Waals surface area contributed by atoms with Gasteiger partial charge in [0.05, 0.1) is 0 Å². The highest BCUT2D eigenvalue weighted by atomic mass is 79.9. The molecule has 1 aliphatic heterocycles. The van der Waals surface area contributed by atoms with Crippen molar-refractivity contribution in [3.8, 4) is 0 Å². The summed E-state index contributed by atoms with van der Waals surface area (Å²) in [5.74, 6) is 0.572. The minimum Gasteiger partial charge on any atom is -0.301 e. The summed E-state index contributed by atoms with van der Waals surface area (Å²) in [5, 5.41) is 0. The molecule has 0 saturated carbocycles. The molecule has 8 heteroatoms. The number of nitrogens with zero attached hydrogens (tertiary/aromatic N) is 3. The number of alkyl halides is 1. The van der Waals surface area contributed by atoms with E-state index in [4.69, 9.17) is 11.6 Å². The number of pyridine rings is 1. The van der Waals surface area contributed by atoms with Crippen molar-refractivity contribution < 1.29 is 8.42 Å². The molecule has 0 bridgehead atoms. The third-order valence-electron chi connectivity index (χ3n) is 3.27. The molecule has 0 atom stereocenters. The topological polar surface area (TPSA) is 53.5 Å². The van der Waals surface area contributed by atoms with Crippen LogP contribution in [0.25, 0.3) is 0 Å². The van der Waals surface area contributed by atoms with Gasteiger partial charge in [0, 0.05) is 48.9 Å². The van der Waals surface area contributed by atoms with Crippen LogP contribution in [0.4, 0.5) is 0 Å². The van der Waals surface area contributed by atoms with Gasteiger partial charge in [-0.05, 0) is 35.0 Å². The lowest BCUT2D eigenvalue weighted by Gasteiger charge is -2.21. The van der Waals surface area contributed by atoms with Crippen LogP contribution in [0.2, 0.25) is 0 Å². The van der Waals surface area contributed by atoms with Gasteiger partial charge in [-0.3, -0.25) is 4.98 Å². The molecule has 1 aromatic heterocycles. The molecule has 1 aromatic rings. The van der Waals surface area contributed by atoms with Crippen LogP contribution in [-0.4, -0.2) is 61.2 Å². The van der Waals surface area contributed by atoms with Crippen molar-refractivity contribution in [2.45, 2.75) is 11.3 Å². The fourth-order valence-electron chi connectivity index (χ4n) is 2.21. The second kappa shape index (κ2) is 7.17. The lowest BCUT2D eigenvalue weighted by molar-refractivity contribution is 0.303. The van der Waals surface area contributed by atoms with Gasteiger partial charge in [-0.2, -0.15) is 4.31 Å². The lowest BCUT2D eigenvalue weighted by atomic mass is 10.4. The first-order chi connectivity index (χ1) is 9.54. The van der Waals surface area contributed by atoms with E-state index >= 15 is 0 Å². The van der Waals surface area contributed by atoms with Gasteiger partial charge in [-0.25, -0.2) is 8.42 Å². The van der Waals surface area contributed by atoms with Crippen LogP contribution in [-0.2, 0) is 10.0 Å². The Bertz CT molecular complexity index is 555. The summed E-state index contributed by atoms with van der Waals surface area (Å²) in [4.78, 5) is 6.36. The summed E-state index contributed by atoms with van der Waals surface area (Å²) in [5.41, 5.74) is 0. The fourth-order valence-corrected chi connectivity index (χ4v) is 4.43. The number of hydrogen-bond donors (Lipinski definition) is 0. The van der Waals surface area contributed by atoms with Crippen LogP contribution in [0.15, 0.2) is 27.8 Å². The van der Waals surface area contributed by atoms with Crippen molar-refractivity contribution in [3.63, 3.8) is 0 Å². The summed E-state index contributed by atoms with van der Waals surface area (Å²) < 4.78 is 27.4. The summed E-state index contributed by atoms with van der Waals surface area (Å²) in [6.45, 7) is 3.43. The lowest BCUT2D eigenvalue weighted by Crippen LogP contribution is -2.35. The van der Waals surface area contributed by atoms with Gasteiger partial charge in [-0.15, -0.1) is 11.6 Å². The van der Waals surface area contributed by atoms with Crippen LogP contribution in [0.1, 0.15) is 6.42 Å². The Morgan fingerprint density at radius 2 is 2.05 bits per heavy atom. The van der Waals surface area contributed by atoms with Gasteiger partial charge in [-0.1, -0.05) is 0 Å². The summed E-state index contributed by atoms with van der Waals surface area (Å²) in [6, 6.07) is 1.59. The van der Waals surface area contributed by atoms with E-state index in [1.807, 2.05) is 0 Å². The van der Waals surface area contributed by atoms with E-state index < -0.39 is 10.0 Å². The minimum atomic E-state index is -3.47. The third-order valence-corrected chi connectivity index (χ3v) is 5.73. The Morgan fingerprint density at radius 1 is 1.25 bits per heavy atom. The number of hydrogen-bond acceptors (Lipinski definition) is 4. The average Bonchev–Trinajstić information content (AvgIpc) is 2.65. The van der Waals surface area contributed by atoms with Crippen molar-refractivity contribution in [1.82, 2.24) is 14.2 Å². The van der Waals surface area contributed by atoms with E-state index in [2.05, 4.69) is 25.8 Å².